The quantitative estimate of drug-likeness (QED) is 0.844. The Bertz CT molecular complexity index is 654. The SMILES string of the molecule is Cc1cc(=O)oc2ccc(C[C@H](C)C(=O)O)cc12. The molecule has 0 aliphatic rings. The number of hydrogen-bond donors (Lipinski definition) is 1. The molecular formula is C14H14O4. The van der Waals surface area contributed by atoms with E-state index in [9.17, 15) is 9.59 Å². The minimum absolute atomic E-state index is 0.369. The zero-order valence-corrected chi connectivity index (χ0v) is 10.3. The second-order valence-corrected chi connectivity index (χ2v) is 4.52. The van der Waals surface area contributed by atoms with Gasteiger partial charge < -0.3 is 9.52 Å². The number of aryl methyl sites for hydroxylation is 1. The van der Waals surface area contributed by atoms with E-state index in [0.29, 0.717) is 12.0 Å². The number of hydrogen-bond acceptors (Lipinski definition) is 3. The summed E-state index contributed by atoms with van der Waals surface area (Å²) < 4.78 is 5.08. The largest absolute Gasteiger partial charge is 0.481 e. The van der Waals surface area contributed by atoms with Crippen molar-refractivity contribution >= 4 is 16.9 Å². The fraction of sp³-hybridized carbons (Fsp3) is 0.286. The van der Waals surface area contributed by atoms with E-state index in [4.69, 9.17) is 9.52 Å². The van der Waals surface area contributed by atoms with Gasteiger partial charge in [0.25, 0.3) is 0 Å². The predicted molar refractivity (Wildman–Crippen MR) is 67.7 cm³/mol. The van der Waals surface area contributed by atoms with Crippen LogP contribution in [0.25, 0.3) is 11.0 Å². The number of carboxylic acids is 1. The second-order valence-electron chi connectivity index (χ2n) is 4.52. The molecule has 0 aliphatic heterocycles. The van der Waals surface area contributed by atoms with Gasteiger partial charge in [0, 0.05) is 11.5 Å². The van der Waals surface area contributed by atoms with Crippen LogP contribution in [-0.4, -0.2) is 11.1 Å². The third-order valence-corrected chi connectivity index (χ3v) is 2.98. The van der Waals surface area contributed by atoms with E-state index in [1.54, 1.807) is 19.1 Å². The topological polar surface area (TPSA) is 67.5 Å². The molecule has 1 aromatic carbocycles. The normalized spacial score (nSPS) is 12.6. The van der Waals surface area contributed by atoms with Gasteiger partial charge in [-0.15, -0.1) is 0 Å². The highest BCUT2D eigenvalue weighted by molar-refractivity contribution is 5.80. The summed E-state index contributed by atoms with van der Waals surface area (Å²) in [6.07, 6.45) is 0.462. The van der Waals surface area contributed by atoms with Crippen molar-refractivity contribution in [2.24, 2.45) is 5.92 Å². The molecule has 2 aromatic rings. The first-order chi connectivity index (χ1) is 8.47. The Hall–Kier alpha value is -2.10. The minimum atomic E-state index is -0.814. The summed E-state index contributed by atoms with van der Waals surface area (Å²) in [4.78, 5) is 22.0. The van der Waals surface area contributed by atoms with Crippen molar-refractivity contribution in [3.8, 4) is 0 Å². The number of carbonyl (C=O) groups is 1. The van der Waals surface area contributed by atoms with E-state index < -0.39 is 11.9 Å². The monoisotopic (exact) mass is 246 g/mol. The molecule has 0 bridgehead atoms. The van der Waals surface area contributed by atoms with Crippen LogP contribution in [0.2, 0.25) is 0 Å². The molecule has 0 unspecified atom stereocenters. The van der Waals surface area contributed by atoms with Crippen molar-refractivity contribution < 1.29 is 14.3 Å². The number of carboxylic acid groups (broad SMARTS) is 1. The molecule has 1 N–H and O–H groups in total. The number of aliphatic carboxylic acids is 1. The van der Waals surface area contributed by atoms with E-state index in [2.05, 4.69) is 0 Å². The molecular weight excluding hydrogens is 232 g/mol. The van der Waals surface area contributed by atoms with E-state index >= 15 is 0 Å². The van der Waals surface area contributed by atoms with Crippen molar-refractivity contribution in [1.82, 2.24) is 0 Å². The van der Waals surface area contributed by atoms with Gasteiger partial charge in [0.05, 0.1) is 5.92 Å². The van der Waals surface area contributed by atoms with Crippen molar-refractivity contribution in [2.75, 3.05) is 0 Å². The molecule has 4 heteroatoms. The van der Waals surface area contributed by atoms with E-state index in [0.717, 1.165) is 16.5 Å². The summed E-state index contributed by atoms with van der Waals surface area (Å²) >= 11 is 0. The molecule has 0 saturated heterocycles. The predicted octanol–water partition coefficient (Wildman–Crippen LogP) is 2.36. The number of fused-ring (bicyclic) bond motifs is 1. The van der Waals surface area contributed by atoms with E-state index in [-0.39, 0.29) is 5.63 Å². The average molecular weight is 246 g/mol. The van der Waals surface area contributed by atoms with Crippen LogP contribution in [0, 0.1) is 12.8 Å². The fourth-order valence-corrected chi connectivity index (χ4v) is 1.93. The minimum Gasteiger partial charge on any atom is -0.481 e. The van der Waals surface area contributed by atoms with Crippen LogP contribution in [0.3, 0.4) is 0 Å². The standard InChI is InChI=1S/C14H14O4/c1-8-6-13(15)18-12-4-3-10(7-11(8)12)5-9(2)14(16)17/h3-4,6-7,9H,5H2,1-2H3,(H,16,17)/t9-/m0/s1. The molecule has 0 aliphatic carbocycles. The molecule has 0 radical (unpaired) electrons. The summed E-state index contributed by atoms with van der Waals surface area (Å²) in [5.74, 6) is -1.25. The molecule has 2 rings (SSSR count). The molecule has 0 saturated carbocycles. The van der Waals surface area contributed by atoms with E-state index in [1.807, 2.05) is 13.0 Å². The number of benzene rings is 1. The Morgan fingerprint density at radius 2 is 2.11 bits per heavy atom. The third-order valence-electron chi connectivity index (χ3n) is 2.98. The highest BCUT2D eigenvalue weighted by atomic mass is 16.4. The smallest absolute Gasteiger partial charge is 0.336 e. The van der Waals surface area contributed by atoms with Crippen LogP contribution >= 0.6 is 0 Å². The molecule has 0 spiro atoms. The fourth-order valence-electron chi connectivity index (χ4n) is 1.93. The molecule has 0 fully saturated rings. The summed E-state index contributed by atoms with van der Waals surface area (Å²) in [5.41, 5.74) is 1.93. The maximum absolute atomic E-state index is 11.2. The van der Waals surface area contributed by atoms with Gasteiger partial charge in [-0.1, -0.05) is 13.0 Å². The van der Waals surface area contributed by atoms with Crippen LogP contribution in [-0.2, 0) is 11.2 Å². The second kappa shape index (κ2) is 4.64. The van der Waals surface area contributed by atoms with Crippen molar-refractivity contribution in [3.63, 3.8) is 0 Å². The molecule has 1 aromatic heterocycles. The van der Waals surface area contributed by atoms with Gasteiger partial charge in [-0.05, 0) is 36.6 Å². The van der Waals surface area contributed by atoms with Crippen molar-refractivity contribution in [1.29, 1.82) is 0 Å². The maximum Gasteiger partial charge on any atom is 0.336 e. The first-order valence-electron chi connectivity index (χ1n) is 5.73. The van der Waals surface area contributed by atoms with E-state index in [1.165, 1.54) is 6.07 Å². The molecule has 0 amide bonds. The van der Waals surface area contributed by atoms with Crippen LogP contribution in [0.15, 0.2) is 33.5 Å². The summed E-state index contributed by atoms with van der Waals surface area (Å²) in [6, 6.07) is 6.83. The van der Waals surface area contributed by atoms with Gasteiger partial charge in [0.2, 0.25) is 0 Å². The van der Waals surface area contributed by atoms with Crippen LogP contribution < -0.4 is 5.63 Å². The summed E-state index contributed by atoms with van der Waals surface area (Å²) in [7, 11) is 0. The molecule has 1 atom stereocenters. The Morgan fingerprint density at radius 1 is 1.39 bits per heavy atom. The van der Waals surface area contributed by atoms with Gasteiger partial charge in [-0.25, -0.2) is 4.79 Å². The lowest BCUT2D eigenvalue weighted by Gasteiger charge is -2.07. The Morgan fingerprint density at radius 3 is 2.78 bits per heavy atom. The van der Waals surface area contributed by atoms with Gasteiger partial charge in [0.1, 0.15) is 5.58 Å². The number of rotatable bonds is 3. The highest BCUT2D eigenvalue weighted by Crippen LogP contribution is 2.20. The van der Waals surface area contributed by atoms with Gasteiger partial charge in [0.15, 0.2) is 0 Å². The zero-order chi connectivity index (χ0) is 13.3. The first-order valence-corrected chi connectivity index (χ1v) is 5.73. The summed E-state index contributed by atoms with van der Waals surface area (Å²) in [5, 5.41) is 9.74. The molecule has 4 nitrogen and oxygen atoms in total. The van der Waals surface area contributed by atoms with Crippen LogP contribution in [0.4, 0.5) is 0 Å². The third kappa shape index (κ3) is 2.42. The Kier molecular flexibility index (Phi) is 3.19. The zero-order valence-electron chi connectivity index (χ0n) is 10.3. The van der Waals surface area contributed by atoms with Gasteiger partial charge >= 0.3 is 11.6 Å². The lowest BCUT2D eigenvalue weighted by atomic mass is 9.99. The summed E-state index contributed by atoms with van der Waals surface area (Å²) in [6.45, 7) is 3.51. The van der Waals surface area contributed by atoms with Gasteiger partial charge in [-0.3, -0.25) is 4.79 Å². The van der Waals surface area contributed by atoms with Crippen molar-refractivity contribution in [2.45, 2.75) is 20.3 Å². The average Bonchev–Trinajstić information content (AvgIpc) is 2.29. The first kappa shape index (κ1) is 12.4. The van der Waals surface area contributed by atoms with Crippen LogP contribution in [0.5, 0.6) is 0 Å². The van der Waals surface area contributed by atoms with Crippen LogP contribution in [0.1, 0.15) is 18.1 Å². The highest BCUT2D eigenvalue weighted by Gasteiger charge is 2.12. The lowest BCUT2D eigenvalue weighted by Crippen LogP contribution is -2.12. The Balaban J connectivity index is 2.44. The van der Waals surface area contributed by atoms with Crippen molar-refractivity contribution in [3.05, 3.63) is 45.8 Å². The maximum atomic E-state index is 11.2. The lowest BCUT2D eigenvalue weighted by molar-refractivity contribution is -0.141. The molecule has 1 heterocycles. The Labute approximate surface area is 104 Å². The molecule has 94 valence electrons. The molecule has 18 heavy (non-hydrogen) atoms. The van der Waals surface area contributed by atoms with Gasteiger partial charge in [-0.2, -0.15) is 0 Å².